The summed E-state index contributed by atoms with van der Waals surface area (Å²) in [5.74, 6) is -0.868. The Balaban J connectivity index is 2.11. The van der Waals surface area contributed by atoms with Crippen LogP contribution in [0.15, 0.2) is 24.3 Å². The molecule has 0 bridgehead atoms. The van der Waals surface area contributed by atoms with Crippen molar-refractivity contribution in [2.24, 2.45) is 5.92 Å². The topological polar surface area (TPSA) is 92.5 Å². The van der Waals surface area contributed by atoms with Crippen molar-refractivity contribution in [3.63, 3.8) is 0 Å². The lowest BCUT2D eigenvalue weighted by atomic mass is 9.92. The van der Waals surface area contributed by atoms with Gasteiger partial charge in [0.25, 0.3) is 5.69 Å². The number of nitro benzene ring substituents is 1. The third-order valence-electron chi connectivity index (χ3n) is 3.24. The number of hydrogen-bond donors (Lipinski definition) is 2. The number of carboxylic acids is 1. The average Bonchev–Trinajstić information content (AvgIpc) is 2.77. The quantitative estimate of drug-likeness (QED) is 0.618. The summed E-state index contributed by atoms with van der Waals surface area (Å²) in [5, 5.41) is 22.6. The van der Waals surface area contributed by atoms with E-state index in [4.69, 9.17) is 5.11 Å². The number of hydrogen-bond acceptors (Lipinski definition) is 4. The molecule has 0 saturated carbocycles. The Hall–Kier alpha value is -1.95. The van der Waals surface area contributed by atoms with E-state index in [-0.39, 0.29) is 11.6 Å². The van der Waals surface area contributed by atoms with Gasteiger partial charge >= 0.3 is 5.97 Å². The van der Waals surface area contributed by atoms with Gasteiger partial charge in [0.15, 0.2) is 0 Å². The van der Waals surface area contributed by atoms with E-state index >= 15 is 0 Å². The normalized spacial score (nSPS) is 22.9. The lowest BCUT2D eigenvalue weighted by molar-refractivity contribution is -0.384. The van der Waals surface area contributed by atoms with Gasteiger partial charge in [0.2, 0.25) is 0 Å². The van der Waals surface area contributed by atoms with E-state index in [0.717, 1.165) is 12.0 Å². The highest BCUT2D eigenvalue weighted by Crippen LogP contribution is 2.23. The highest BCUT2D eigenvalue weighted by Gasteiger charge is 2.32. The van der Waals surface area contributed by atoms with Crippen molar-refractivity contribution in [3.8, 4) is 0 Å². The third-order valence-corrected chi connectivity index (χ3v) is 3.24. The smallest absolute Gasteiger partial charge is 0.320 e. The van der Waals surface area contributed by atoms with Crippen molar-refractivity contribution in [3.05, 3.63) is 39.9 Å². The number of nitrogens with zero attached hydrogens (tertiary/aromatic N) is 1. The van der Waals surface area contributed by atoms with E-state index in [0.29, 0.717) is 13.0 Å². The zero-order valence-electron chi connectivity index (χ0n) is 9.70. The summed E-state index contributed by atoms with van der Waals surface area (Å²) >= 11 is 0. The van der Waals surface area contributed by atoms with Gasteiger partial charge in [-0.1, -0.05) is 12.1 Å². The summed E-state index contributed by atoms with van der Waals surface area (Å²) in [6.07, 6.45) is 1.32. The lowest BCUT2D eigenvalue weighted by Crippen LogP contribution is -2.36. The first-order chi connectivity index (χ1) is 8.58. The average molecular weight is 250 g/mol. The van der Waals surface area contributed by atoms with Crippen LogP contribution in [-0.4, -0.2) is 28.6 Å². The van der Waals surface area contributed by atoms with E-state index in [2.05, 4.69) is 5.32 Å². The molecule has 2 rings (SSSR count). The third kappa shape index (κ3) is 2.65. The number of nitro groups is 1. The van der Waals surface area contributed by atoms with E-state index < -0.39 is 16.9 Å². The minimum Gasteiger partial charge on any atom is -0.480 e. The molecular weight excluding hydrogens is 236 g/mol. The van der Waals surface area contributed by atoms with Crippen LogP contribution in [0.1, 0.15) is 12.0 Å². The Morgan fingerprint density at radius 1 is 1.56 bits per heavy atom. The predicted octanol–water partition coefficient (Wildman–Crippen LogP) is 1.20. The Labute approximate surface area is 104 Å². The van der Waals surface area contributed by atoms with Crippen LogP contribution in [0.2, 0.25) is 0 Å². The molecule has 18 heavy (non-hydrogen) atoms. The molecule has 6 nitrogen and oxygen atoms in total. The maximum absolute atomic E-state index is 11.0. The fourth-order valence-electron chi connectivity index (χ4n) is 2.37. The molecule has 1 unspecified atom stereocenters. The Morgan fingerprint density at radius 2 is 2.33 bits per heavy atom. The van der Waals surface area contributed by atoms with Crippen molar-refractivity contribution >= 4 is 11.7 Å². The van der Waals surface area contributed by atoms with Gasteiger partial charge in [0, 0.05) is 12.1 Å². The highest BCUT2D eigenvalue weighted by molar-refractivity contribution is 5.74. The van der Waals surface area contributed by atoms with Crippen molar-refractivity contribution < 1.29 is 14.8 Å². The largest absolute Gasteiger partial charge is 0.480 e. The molecule has 0 spiro atoms. The van der Waals surface area contributed by atoms with Crippen molar-refractivity contribution in [2.75, 3.05) is 6.54 Å². The molecule has 6 heteroatoms. The minimum atomic E-state index is -0.858. The summed E-state index contributed by atoms with van der Waals surface area (Å²) in [7, 11) is 0. The number of nitrogens with one attached hydrogen (secondary N) is 1. The van der Waals surface area contributed by atoms with E-state index in [9.17, 15) is 14.9 Å². The van der Waals surface area contributed by atoms with Gasteiger partial charge in [0.1, 0.15) is 6.04 Å². The number of carbonyl (C=O) groups is 1. The predicted molar refractivity (Wildman–Crippen MR) is 64.3 cm³/mol. The first-order valence-electron chi connectivity index (χ1n) is 5.77. The fourth-order valence-corrected chi connectivity index (χ4v) is 2.37. The number of rotatable bonds is 4. The van der Waals surface area contributed by atoms with Crippen LogP contribution in [-0.2, 0) is 11.2 Å². The lowest BCUT2D eigenvalue weighted by Gasteiger charge is -2.15. The Bertz CT molecular complexity index is 475. The summed E-state index contributed by atoms with van der Waals surface area (Å²) in [4.78, 5) is 21.2. The molecule has 1 aromatic rings. The fraction of sp³-hybridized carbons (Fsp3) is 0.417. The Morgan fingerprint density at radius 3 is 3.00 bits per heavy atom. The molecule has 1 aliphatic rings. The highest BCUT2D eigenvalue weighted by atomic mass is 16.6. The number of benzene rings is 1. The van der Waals surface area contributed by atoms with E-state index in [1.807, 2.05) is 0 Å². The van der Waals surface area contributed by atoms with Crippen LogP contribution >= 0.6 is 0 Å². The summed E-state index contributed by atoms with van der Waals surface area (Å²) in [6.45, 7) is 0.677. The summed E-state index contributed by atoms with van der Waals surface area (Å²) in [5.41, 5.74) is 0.856. The van der Waals surface area contributed by atoms with Gasteiger partial charge in [-0.05, 0) is 30.9 Å². The monoisotopic (exact) mass is 250 g/mol. The molecule has 2 atom stereocenters. The molecule has 1 fully saturated rings. The van der Waals surface area contributed by atoms with Gasteiger partial charge in [-0.25, -0.2) is 0 Å². The van der Waals surface area contributed by atoms with Crippen molar-refractivity contribution in [1.82, 2.24) is 5.32 Å². The van der Waals surface area contributed by atoms with Crippen LogP contribution in [0.5, 0.6) is 0 Å². The molecule has 2 N–H and O–H groups in total. The van der Waals surface area contributed by atoms with Gasteiger partial charge in [-0.2, -0.15) is 0 Å². The molecule has 1 aliphatic heterocycles. The standard InChI is InChI=1S/C12H14N2O4/c15-12(16)11-9(4-5-13-11)6-8-2-1-3-10(7-8)14(17)18/h1-3,7,9,11,13H,4-6H2,(H,15,16)/t9?,11-/m0/s1. The molecule has 0 amide bonds. The number of non-ortho nitro benzene ring substituents is 1. The zero-order chi connectivity index (χ0) is 13.1. The molecule has 96 valence electrons. The molecular formula is C12H14N2O4. The van der Waals surface area contributed by atoms with Gasteiger partial charge in [-0.15, -0.1) is 0 Å². The first kappa shape index (κ1) is 12.5. The van der Waals surface area contributed by atoms with Crippen LogP contribution in [0, 0.1) is 16.0 Å². The van der Waals surface area contributed by atoms with Gasteiger partial charge in [-0.3, -0.25) is 14.9 Å². The van der Waals surface area contributed by atoms with Crippen LogP contribution < -0.4 is 5.32 Å². The first-order valence-corrected chi connectivity index (χ1v) is 5.77. The maximum Gasteiger partial charge on any atom is 0.320 e. The summed E-state index contributed by atoms with van der Waals surface area (Å²) in [6, 6.07) is 5.82. The SMILES string of the molecule is O=C(O)[C@H]1NCCC1Cc1cccc([N+](=O)[O-])c1. The second-order valence-corrected chi connectivity index (χ2v) is 4.45. The molecule has 0 radical (unpaired) electrons. The number of carboxylic acid groups (broad SMARTS) is 1. The number of aliphatic carboxylic acids is 1. The van der Waals surface area contributed by atoms with Gasteiger partial charge < -0.3 is 10.4 Å². The minimum absolute atomic E-state index is 0.00972. The van der Waals surface area contributed by atoms with Crippen LogP contribution in [0.3, 0.4) is 0 Å². The molecule has 1 saturated heterocycles. The summed E-state index contributed by atoms with van der Waals surface area (Å²) < 4.78 is 0. The van der Waals surface area contributed by atoms with E-state index in [1.54, 1.807) is 12.1 Å². The van der Waals surface area contributed by atoms with Crippen LogP contribution in [0.25, 0.3) is 0 Å². The molecule has 0 aliphatic carbocycles. The van der Waals surface area contributed by atoms with Crippen molar-refractivity contribution in [2.45, 2.75) is 18.9 Å². The molecule has 1 aromatic carbocycles. The van der Waals surface area contributed by atoms with Gasteiger partial charge in [0.05, 0.1) is 4.92 Å². The molecule has 1 heterocycles. The van der Waals surface area contributed by atoms with Crippen molar-refractivity contribution in [1.29, 1.82) is 0 Å². The second kappa shape index (κ2) is 5.14. The maximum atomic E-state index is 11.0. The van der Waals surface area contributed by atoms with Crippen LogP contribution in [0.4, 0.5) is 5.69 Å². The zero-order valence-corrected chi connectivity index (χ0v) is 9.70. The second-order valence-electron chi connectivity index (χ2n) is 4.45. The molecule has 0 aromatic heterocycles. The Kier molecular flexibility index (Phi) is 3.57. The van der Waals surface area contributed by atoms with E-state index in [1.165, 1.54) is 12.1 Å².